The molecule has 1 heterocycles. The van der Waals surface area contributed by atoms with Crippen LogP contribution in [0.15, 0.2) is 0 Å². The van der Waals surface area contributed by atoms with Crippen LogP contribution >= 0.6 is 0 Å². The monoisotopic (exact) mass is 185 g/mol. The molecule has 0 radical (unpaired) electrons. The van der Waals surface area contributed by atoms with E-state index in [1.54, 1.807) is 0 Å². The normalized spacial score (nSPS) is 31.8. The zero-order chi connectivity index (χ0) is 9.57. The highest BCUT2D eigenvalue weighted by Crippen LogP contribution is 2.32. The highest BCUT2D eigenvalue weighted by molar-refractivity contribution is 4.75. The molecule has 0 aliphatic carbocycles. The molecule has 0 amide bonds. The van der Waals surface area contributed by atoms with E-state index in [2.05, 4.69) is 6.92 Å². The second-order valence-electron chi connectivity index (χ2n) is 4.52. The molecule has 1 aliphatic heterocycles. The molecule has 0 aromatic carbocycles. The van der Waals surface area contributed by atoms with Crippen molar-refractivity contribution in [2.75, 3.05) is 19.8 Å². The average molecular weight is 185 g/mol. The summed E-state index contributed by atoms with van der Waals surface area (Å²) >= 11 is 0. The van der Waals surface area contributed by atoms with Crippen LogP contribution in [-0.2, 0) is 4.74 Å². The van der Waals surface area contributed by atoms with Gasteiger partial charge in [-0.25, -0.2) is 0 Å². The van der Waals surface area contributed by atoms with Gasteiger partial charge >= 0.3 is 0 Å². The van der Waals surface area contributed by atoms with Crippen LogP contribution in [0.1, 0.15) is 45.4 Å². The van der Waals surface area contributed by atoms with Crippen molar-refractivity contribution in [1.82, 2.24) is 0 Å². The van der Waals surface area contributed by atoms with Gasteiger partial charge in [0.15, 0.2) is 0 Å². The summed E-state index contributed by atoms with van der Waals surface area (Å²) in [4.78, 5) is 0. The maximum absolute atomic E-state index is 5.63. The molecule has 1 atom stereocenters. The fraction of sp³-hybridized carbons (Fsp3) is 1.00. The van der Waals surface area contributed by atoms with Crippen molar-refractivity contribution in [3.8, 4) is 0 Å². The molecule has 1 rings (SSSR count). The minimum Gasteiger partial charge on any atom is -0.381 e. The third kappa shape index (κ3) is 4.10. The average Bonchev–Trinajstić information content (AvgIpc) is 2.18. The minimum atomic E-state index is 0.444. The van der Waals surface area contributed by atoms with E-state index in [0.29, 0.717) is 5.41 Å². The fourth-order valence-electron chi connectivity index (χ4n) is 2.08. The molecular formula is C11H23NO. The van der Waals surface area contributed by atoms with Crippen LogP contribution in [0.25, 0.3) is 0 Å². The van der Waals surface area contributed by atoms with Crippen LogP contribution in [0.3, 0.4) is 0 Å². The van der Waals surface area contributed by atoms with Crippen molar-refractivity contribution >= 4 is 0 Å². The predicted molar refractivity (Wildman–Crippen MR) is 55.7 cm³/mol. The van der Waals surface area contributed by atoms with Crippen LogP contribution in [-0.4, -0.2) is 19.8 Å². The van der Waals surface area contributed by atoms with Crippen molar-refractivity contribution in [1.29, 1.82) is 0 Å². The lowest BCUT2D eigenvalue weighted by molar-refractivity contribution is 0.101. The summed E-state index contributed by atoms with van der Waals surface area (Å²) in [5, 5.41) is 0. The van der Waals surface area contributed by atoms with Gasteiger partial charge in [-0.15, -0.1) is 0 Å². The number of nitrogens with two attached hydrogens (primary N) is 1. The Morgan fingerprint density at radius 1 is 1.15 bits per heavy atom. The summed E-state index contributed by atoms with van der Waals surface area (Å²) in [5.74, 6) is 0. The summed E-state index contributed by atoms with van der Waals surface area (Å²) in [6.07, 6.45) is 7.56. The van der Waals surface area contributed by atoms with Gasteiger partial charge in [-0.05, 0) is 37.6 Å². The Morgan fingerprint density at radius 2 is 2.00 bits per heavy atom. The lowest BCUT2D eigenvalue weighted by Gasteiger charge is -2.28. The molecule has 0 saturated carbocycles. The van der Waals surface area contributed by atoms with Crippen LogP contribution < -0.4 is 5.73 Å². The summed E-state index contributed by atoms with van der Waals surface area (Å²) in [6.45, 7) is 5.06. The Balaban J connectivity index is 2.39. The Morgan fingerprint density at radius 3 is 2.77 bits per heavy atom. The molecule has 2 N–H and O–H groups in total. The minimum absolute atomic E-state index is 0.444. The van der Waals surface area contributed by atoms with Crippen LogP contribution in [0.2, 0.25) is 0 Å². The molecule has 0 bridgehead atoms. The van der Waals surface area contributed by atoms with Gasteiger partial charge in [0.25, 0.3) is 0 Å². The summed E-state index contributed by atoms with van der Waals surface area (Å²) in [5.41, 5.74) is 6.08. The Hall–Kier alpha value is -0.0800. The largest absolute Gasteiger partial charge is 0.381 e. The van der Waals surface area contributed by atoms with Gasteiger partial charge in [0.05, 0.1) is 0 Å². The molecular weight excluding hydrogens is 162 g/mol. The van der Waals surface area contributed by atoms with E-state index in [0.717, 1.165) is 26.2 Å². The van der Waals surface area contributed by atoms with E-state index in [4.69, 9.17) is 10.5 Å². The van der Waals surface area contributed by atoms with Crippen molar-refractivity contribution in [3.63, 3.8) is 0 Å². The summed E-state index contributed by atoms with van der Waals surface area (Å²) in [6, 6.07) is 0. The van der Waals surface area contributed by atoms with Crippen LogP contribution in [0.4, 0.5) is 0 Å². The van der Waals surface area contributed by atoms with Gasteiger partial charge in [0, 0.05) is 13.2 Å². The first-order valence-electron chi connectivity index (χ1n) is 5.55. The number of hydrogen-bond acceptors (Lipinski definition) is 2. The zero-order valence-corrected chi connectivity index (χ0v) is 8.85. The van der Waals surface area contributed by atoms with E-state index in [1.807, 2.05) is 0 Å². The smallest absolute Gasteiger partial charge is 0.0471 e. The predicted octanol–water partition coefficient (Wildman–Crippen LogP) is 2.32. The van der Waals surface area contributed by atoms with E-state index in [9.17, 15) is 0 Å². The van der Waals surface area contributed by atoms with Gasteiger partial charge in [0.1, 0.15) is 0 Å². The quantitative estimate of drug-likeness (QED) is 0.716. The second-order valence-corrected chi connectivity index (χ2v) is 4.52. The van der Waals surface area contributed by atoms with Gasteiger partial charge in [-0.2, -0.15) is 0 Å². The standard InChI is InChI=1S/C11H23NO/c1-11(6-8-12)5-3-2-4-9-13-10-7-11/h2-10,12H2,1H3. The SMILES string of the molecule is CC1(CCN)CCCCCOCC1. The molecule has 2 heteroatoms. The molecule has 78 valence electrons. The number of hydrogen-bond donors (Lipinski definition) is 1. The van der Waals surface area contributed by atoms with E-state index in [-0.39, 0.29) is 0 Å². The van der Waals surface area contributed by atoms with Gasteiger partial charge < -0.3 is 10.5 Å². The van der Waals surface area contributed by atoms with Crippen molar-refractivity contribution < 1.29 is 4.74 Å². The van der Waals surface area contributed by atoms with Crippen LogP contribution in [0, 0.1) is 5.41 Å². The number of rotatable bonds is 2. The van der Waals surface area contributed by atoms with Gasteiger partial charge in [-0.3, -0.25) is 0 Å². The maximum atomic E-state index is 5.63. The van der Waals surface area contributed by atoms with Crippen LogP contribution in [0.5, 0.6) is 0 Å². The third-order valence-corrected chi connectivity index (χ3v) is 3.17. The lowest BCUT2D eigenvalue weighted by atomic mass is 9.79. The molecule has 2 nitrogen and oxygen atoms in total. The van der Waals surface area contributed by atoms with Gasteiger partial charge in [-0.1, -0.05) is 19.8 Å². The molecule has 1 fully saturated rings. The maximum Gasteiger partial charge on any atom is 0.0471 e. The fourth-order valence-corrected chi connectivity index (χ4v) is 2.08. The molecule has 0 aromatic rings. The third-order valence-electron chi connectivity index (χ3n) is 3.17. The highest BCUT2D eigenvalue weighted by atomic mass is 16.5. The van der Waals surface area contributed by atoms with Crippen molar-refractivity contribution in [2.45, 2.75) is 45.4 Å². The summed E-state index contributed by atoms with van der Waals surface area (Å²) < 4.78 is 5.56. The first-order valence-corrected chi connectivity index (χ1v) is 5.55. The van der Waals surface area contributed by atoms with E-state index in [1.165, 1.54) is 32.1 Å². The Bertz CT molecular complexity index is 126. The topological polar surface area (TPSA) is 35.2 Å². The lowest BCUT2D eigenvalue weighted by Crippen LogP contribution is -2.22. The molecule has 0 aromatic heterocycles. The van der Waals surface area contributed by atoms with E-state index < -0.39 is 0 Å². The first kappa shape index (κ1) is 11.0. The Kier molecular flexibility index (Phi) is 4.74. The van der Waals surface area contributed by atoms with Crippen molar-refractivity contribution in [3.05, 3.63) is 0 Å². The Labute approximate surface area is 81.8 Å². The van der Waals surface area contributed by atoms with Gasteiger partial charge in [0.2, 0.25) is 0 Å². The summed E-state index contributed by atoms with van der Waals surface area (Å²) in [7, 11) is 0. The van der Waals surface area contributed by atoms with Crippen molar-refractivity contribution in [2.24, 2.45) is 11.1 Å². The molecule has 0 spiro atoms. The number of ether oxygens (including phenoxy) is 1. The first-order chi connectivity index (χ1) is 6.27. The van der Waals surface area contributed by atoms with E-state index >= 15 is 0 Å². The molecule has 1 aliphatic rings. The molecule has 1 saturated heterocycles. The zero-order valence-electron chi connectivity index (χ0n) is 8.85. The second kappa shape index (κ2) is 5.61. The highest BCUT2D eigenvalue weighted by Gasteiger charge is 2.23. The molecule has 1 unspecified atom stereocenters. The molecule has 13 heavy (non-hydrogen) atoms.